The number of ether oxygens (including phenoxy) is 1. The van der Waals surface area contributed by atoms with Crippen LogP contribution in [0.15, 0.2) is 40.9 Å². The van der Waals surface area contributed by atoms with E-state index >= 15 is 0 Å². The van der Waals surface area contributed by atoms with Gasteiger partial charge in [0.2, 0.25) is 0 Å². The number of nitrogens with two attached hydrogens (primary N) is 1. The maximum atomic E-state index is 13.1. The molecule has 1 atom stereocenters. The number of hydrogen-bond acceptors (Lipinski definition) is 2. The fourth-order valence-corrected chi connectivity index (χ4v) is 2.06. The Morgan fingerprint density at radius 2 is 1.74 bits per heavy atom. The van der Waals surface area contributed by atoms with Crippen molar-refractivity contribution in [2.24, 2.45) is 5.73 Å². The van der Waals surface area contributed by atoms with E-state index in [1.807, 2.05) is 6.07 Å². The molecule has 2 aromatic rings. The molecule has 0 aromatic heterocycles. The van der Waals surface area contributed by atoms with E-state index in [9.17, 15) is 8.78 Å². The van der Waals surface area contributed by atoms with E-state index in [4.69, 9.17) is 10.5 Å². The number of halogens is 3. The molecule has 0 fully saturated rings. The van der Waals surface area contributed by atoms with Crippen molar-refractivity contribution < 1.29 is 13.5 Å². The lowest BCUT2D eigenvalue weighted by molar-refractivity contribution is 0.459. The number of hydrogen-bond donors (Lipinski definition) is 1. The fourth-order valence-electron chi connectivity index (χ4n) is 1.68. The summed E-state index contributed by atoms with van der Waals surface area (Å²) < 4.78 is 32.6. The van der Waals surface area contributed by atoms with Crippen LogP contribution < -0.4 is 10.5 Å². The van der Waals surface area contributed by atoms with Crippen LogP contribution in [0.5, 0.6) is 11.5 Å². The van der Waals surface area contributed by atoms with Gasteiger partial charge in [-0.15, -0.1) is 0 Å². The maximum absolute atomic E-state index is 13.1. The standard InChI is InChI=1S/C14H12BrF2NO/c1-8(18)13-4-9(15)2-3-14(13)19-12-6-10(16)5-11(17)7-12/h2-8H,18H2,1H3. The zero-order chi connectivity index (χ0) is 14.0. The first-order valence-corrected chi connectivity index (χ1v) is 6.44. The van der Waals surface area contributed by atoms with E-state index in [1.54, 1.807) is 19.1 Å². The van der Waals surface area contributed by atoms with Crippen LogP contribution in [0.2, 0.25) is 0 Å². The van der Waals surface area contributed by atoms with Gasteiger partial charge in [-0.05, 0) is 25.1 Å². The first kappa shape index (κ1) is 14.0. The molecular formula is C14H12BrF2NO. The van der Waals surface area contributed by atoms with Crippen LogP contribution in [0.3, 0.4) is 0 Å². The molecule has 0 saturated heterocycles. The highest BCUT2D eigenvalue weighted by Gasteiger charge is 2.11. The molecule has 19 heavy (non-hydrogen) atoms. The first-order valence-electron chi connectivity index (χ1n) is 5.64. The quantitative estimate of drug-likeness (QED) is 0.898. The van der Waals surface area contributed by atoms with Crippen LogP contribution in [0.25, 0.3) is 0 Å². The van der Waals surface area contributed by atoms with E-state index in [1.165, 1.54) is 0 Å². The lowest BCUT2D eigenvalue weighted by atomic mass is 10.1. The van der Waals surface area contributed by atoms with Gasteiger partial charge in [-0.2, -0.15) is 0 Å². The van der Waals surface area contributed by atoms with E-state index in [0.717, 1.165) is 28.2 Å². The summed E-state index contributed by atoms with van der Waals surface area (Å²) in [5.41, 5.74) is 6.60. The van der Waals surface area contributed by atoms with Crippen molar-refractivity contribution in [3.8, 4) is 11.5 Å². The molecule has 0 radical (unpaired) electrons. The van der Waals surface area contributed by atoms with Gasteiger partial charge < -0.3 is 10.5 Å². The Balaban J connectivity index is 2.37. The van der Waals surface area contributed by atoms with Crippen molar-refractivity contribution in [1.29, 1.82) is 0 Å². The van der Waals surface area contributed by atoms with Gasteiger partial charge in [0.05, 0.1) is 0 Å². The highest BCUT2D eigenvalue weighted by molar-refractivity contribution is 9.10. The van der Waals surface area contributed by atoms with Crippen molar-refractivity contribution in [1.82, 2.24) is 0 Å². The predicted molar refractivity (Wildman–Crippen MR) is 73.2 cm³/mol. The molecule has 1 unspecified atom stereocenters. The van der Waals surface area contributed by atoms with Crippen LogP contribution in [0.4, 0.5) is 8.78 Å². The summed E-state index contributed by atoms with van der Waals surface area (Å²) in [4.78, 5) is 0. The summed E-state index contributed by atoms with van der Waals surface area (Å²) >= 11 is 3.34. The van der Waals surface area contributed by atoms with Gasteiger partial charge in [-0.25, -0.2) is 8.78 Å². The minimum atomic E-state index is -0.686. The molecule has 0 bridgehead atoms. The zero-order valence-corrected chi connectivity index (χ0v) is 11.7. The van der Waals surface area contributed by atoms with Crippen molar-refractivity contribution in [2.75, 3.05) is 0 Å². The molecule has 0 spiro atoms. The molecule has 0 aliphatic carbocycles. The van der Waals surface area contributed by atoms with Gasteiger partial charge in [0.25, 0.3) is 0 Å². The lowest BCUT2D eigenvalue weighted by Crippen LogP contribution is -2.06. The van der Waals surface area contributed by atoms with Gasteiger partial charge in [-0.3, -0.25) is 0 Å². The molecule has 100 valence electrons. The van der Waals surface area contributed by atoms with Gasteiger partial charge in [-0.1, -0.05) is 15.9 Å². The van der Waals surface area contributed by atoms with E-state index in [-0.39, 0.29) is 11.8 Å². The van der Waals surface area contributed by atoms with Gasteiger partial charge in [0.1, 0.15) is 23.1 Å². The number of rotatable bonds is 3. The molecule has 0 heterocycles. The molecule has 0 aliphatic rings. The Bertz CT molecular complexity index is 582. The Hall–Kier alpha value is -1.46. The molecule has 5 heteroatoms. The Kier molecular flexibility index (Phi) is 4.17. The average molecular weight is 328 g/mol. The highest BCUT2D eigenvalue weighted by atomic mass is 79.9. The third kappa shape index (κ3) is 3.52. The maximum Gasteiger partial charge on any atom is 0.133 e. The first-order chi connectivity index (χ1) is 8.95. The van der Waals surface area contributed by atoms with E-state index in [2.05, 4.69) is 15.9 Å². The molecule has 2 aromatic carbocycles. The van der Waals surface area contributed by atoms with Crippen LogP contribution in [0.1, 0.15) is 18.5 Å². The molecule has 2 rings (SSSR count). The second kappa shape index (κ2) is 5.67. The summed E-state index contributed by atoms with van der Waals surface area (Å²) in [6.07, 6.45) is 0. The summed E-state index contributed by atoms with van der Waals surface area (Å²) in [6.45, 7) is 1.81. The minimum absolute atomic E-state index is 0.0988. The van der Waals surface area contributed by atoms with Crippen LogP contribution >= 0.6 is 15.9 Å². The van der Waals surface area contributed by atoms with Gasteiger partial charge in [0, 0.05) is 34.3 Å². The van der Waals surface area contributed by atoms with Crippen molar-refractivity contribution >= 4 is 15.9 Å². The van der Waals surface area contributed by atoms with Crippen molar-refractivity contribution in [3.63, 3.8) is 0 Å². The van der Waals surface area contributed by atoms with Crippen LogP contribution in [-0.2, 0) is 0 Å². The summed E-state index contributed by atoms with van der Waals surface area (Å²) in [6, 6.07) is 8.07. The Morgan fingerprint density at radius 3 is 2.32 bits per heavy atom. The molecular weight excluding hydrogens is 316 g/mol. The second-order valence-electron chi connectivity index (χ2n) is 4.18. The van der Waals surface area contributed by atoms with Crippen LogP contribution in [-0.4, -0.2) is 0 Å². The molecule has 0 amide bonds. The van der Waals surface area contributed by atoms with Crippen LogP contribution in [0, 0.1) is 11.6 Å². The molecule has 2 nitrogen and oxygen atoms in total. The topological polar surface area (TPSA) is 35.2 Å². The predicted octanol–water partition coefficient (Wildman–Crippen LogP) is 4.54. The monoisotopic (exact) mass is 327 g/mol. The largest absolute Gasteiger partial charge is 0.457 e. The normalized spacial score (nSPS) is 12.3. The highest BCUT2D eigenvalue weighted by Crippen LogP contribution is 2.31. The third-order valence-electron chi connectivity index (χ3n) is 2.53. The Labute approximate surface area is 118 Å². The minimum Gasteiger partial charge on any atom is -0.457 e. The van der Waals surface area contributed by atoms with E-state index < -0.39 is 11.6 Å². The summed E-state index contributed by atoms with van der Waals surface area (Å²) in [7, 11) is 0. The van der Waals surface area contributed by atoms with Crippen molar-refractivity contribution in [2.45, 2.75) is 13.0 Å². The second-order valence-corrected chi connectivity index (χ2v) is 5.09. The SMILES string of the molecule is CC(N)c1cc(Br)ccc1Oc1cc(F)cc(F)c1. The smallest absolute Gasteiger partial charge is 0.133 e. The summed E-state index contributed by atoms with van der Waals surface area (Å²) in [5, 5.41) is 0. The van der Waals surface area contributed by atoms with Crippen molar-refractivity contribution in [3.05, 3.63) is 58.1 Å². The summed E-state index contributed by atoms with van der Waals surface area (Å²) in [5.74, 6) is -0.797. The average Bonchev–Trinajstić information content (AvgIpc) is 2.30. The Morgan fingerprint density at radius 1 is 1.11 bits per heavy atom. The lowest BCUT2D eigenvalue weighted by Gasteiger charge is -2.14. The number of benzene rings is 2. The fraction of sp³-hybridized carbons (Fsp3) is 0.143. The van der Waals surface area contributed by atoms with E-state index in [0.29, 0.717) is 5.75 Å². The zero-order valence-electron chi connectivity index (χ0n) is 10.2. The molecule has 0 aliphatic heterocycles. The third-order valence-corrected chi connectivity index (χ3v) is 3.02. The molecule has 2 N–H and O–H groups in total. The molecule has 0 saturated carbocycles. The van der Waals surface area contributed by atoms with Gasteiger partial charge in [0.15, 0.2) is 0 Å². The van der Waals surface area contributed by atoms with Gasteiger partial charge >= 0.3 is 0 Å².